The van der Waals surface area contributed by atoms with Crippen LogP contribution in [0.2, 0.25) is 0 Å². The summed E-state index contributed by atoms with van der Waals surface area (Å²) in [7, 11) is 0. The predicted octanol–water partition coefficient (Wildman–Crippen LogP) is 5.62. The molecule has 0 bridgehead atoms. The number of rotatable bonds is 22. The highest BCUT2D eigenvalue weighted by atomic mass is 16.5. The Morgan fingerprint density at radius 1 is 0.545 bits per heavy atom. The van der Waals surface area contributed by atoms with E-state index in [1.54, 1.807) is 0 Å². The number of aromatic nitrogens is 4. The molecular weight excluding hydrogens is 412 g/mol. The molecule has 0 atom stereocenters. The van der Waals surface area contributed by atoms with E-state index in [-0.39, 0.29) is 0 Å². The summed E-state index contributed by atoms with van der Waals surface area (Å²) in [4.78, 5) is 0. The third-order valence-corrected chi connectivity index (χ3v) is 6.09. The normalized spacial score (nSPS) is 11.5. The molecule has 2 aromatic rings. The summed E-state index contributed by atoms with van der Waals surface area (Å²) in [5.41, 5.74) is 0. The van der Waals surface area contributed by atoms with Crippen LogP contribution in [-0.4, -0.2) is 22.3 Å². The van der Waals surface area contributed by atoms with Gasteiger partial charge < -0.3 is 9.47 Å². The minimum atomic E-state index is 0.644. The van der Waals surface area contributed by atoms with Gasteiger partial charge in [0.05, 0.1) is 26.3 Å². The van der Waals surface area contributed by atoms with Gasteiger partial charge in [0.1, 0.15) is 24.8 Å². The van der Waals surface area contributed by atoms with Crippen molar-refractivity contribution in [2.45, 2.75) is 124 Å². The SMILES string of the molecule is CCCCCCCn1cc[n+](COCCCCCOC[n+]2ccn(CCCCCCC)c2)c1. The molecule has 0 spiro atoms. The molecule has 0 fully saturated rings. The summed E-state index contributed by atoms with van der Waals surface area (Å²) in [6.07, 6.45) is 29.4. The first-order chi connectivity index (χ1) is 16.3. The van der Waals surface area contributed by atoms with Crippen molar-refractivity contribution in [3.05, 3.63) is 37.4 Å². The summed E-state index contributed by atoms with van der Waals surface area (Å²) >= 11 is 0. The lowest BCUT2D eigenvalue weighted by atomic mass is 10.1. The summed E-state index contributed by atoms with van der Waals surface area (Å²) in [6, 6.07) is 0. The monoisotopic (exact) mass is 462 g/mol. The molecule has 0 saturated heterocycles. The van der Waals surface area contributed by atoms with Crippen LogP contribution in [0, 0.1) is 0 Å². The summed E-state index contributed by atoms with van der Waals surface area (Å²) in [6.45, 7) is 9.65. The van der Waals surface area contributed by atoms with E-state index in [0.29, 0.717) is 13.5 Å². The Morgan fingerprint density at radius 3 is 1.42 bits per heavy atom. The van der Waals surface area contributed by atoms with Gasteiger partial charge in [-0.15, -0.1) is 0 Å². The lowest BCUT2D eigenvalue weighted by Gasteiger charge is -2.03. The summed E-state index contributed by atoms with van der Waals surface area (Å²) in [5.74, 6) is 0. The van der Waals surface area contributed by atoms with E-state index < -0.39 is 0 Å². The van der Waals surface area contributed by atoms with Crippen molar-refractivity contribution in [1.82, 2.24) is 9.13 Å². The van der Waals surface area contributed by atoms with Gasteiger partial charge in [-0.3, -0.25) is 0 Å². The Morgan fingerprint density at radius 2 is 0.970 bits per heavy atom. The first-order valence-corrected chi connectivity index (χ1v) is 13.6. The number of ether oxygens (including phenoxy) is 2. The van der Waals surface area contributed by atoms with Gasteiger partial charge in [-0.05, 0) is 44.9 Å². The highest BCUT2D eigenvalue weighted by molar-refractivity contribution is 4.66. The van der Waals surface area contributed by atoms with Crippen molar-refractivity contribution in [3.8, 4) is 0 Å². The molecule has 6 heteroatoms. The second-order valence-corrected chi connectivity index (χ2v) is 9.30. The molecule has 188 valence electrons. The summed E-state index contributed by atoms with van der Waals surface area (Å²) < 4.78 is 20.4. The van der Waals surface area contributed by atoms with Gasteiger partial charge >= 0.3 is 0 Å². The zero-order chi connectivity index (χ0) is 23.4. The maximum Gasteiger partial charge on any atom is 0.245 e. The second kappa shape index (κ2) is 18.7. The van der Waals surface area contributed by atoms with Crippen molar-refractivity contribution in [2.75, 3.05) is 13.2 Å². The lowest BCUT2D eigenvalue weighted by molar-refractivity contribution is -0.732. The Hall–Kier alpha value is -1.66. The topological polar surface area (TPSA) is 36.1 Å². The van der Waals surface area contributed by atoms with Crippen molar-refractivity contribution in [1.29, 1.82) is 0 Å². The van der Waals surface area contributed by atoms with Gasteiger partial charge in [-0.2, -0.15) is 0 Å². The van der Waals surface area contributed by atoms with Crippen molar-refractivity contribution < 1.29 is 18.6 Å². The van der Waals surface area contributed by atoms with Crippen molar-refractivity contribution in [2.24, 2.45) is 0 Å². The highest BCUT2D eigenvalue weighted by Crippen LogP contribution is 2.05. The second-order valence-electron chi connectivity index (χ2n) is 9.30. The Kier molecular flexibility index (Phi) is 15.7. The van der Waals surface area contributed by atoms with Crippen LogP contribution in [0.4, 0.5) is 0 Å². The van der Waals surface area contributed by atoms with Gasteiger partial charge in [0, 0.05) is 0 Å². The fraction of sp³-hybridized carbons (Fsp3) is 0.778. The molecule has 0 aliphatic carbocycles. The first-order valence-electron chi connectivity index (χ1n) is 13.6. The Balaban J connectivity index is 1.39. The van der Waals surface area contributed by atoms with E-state index in [9.17, 15) is 0 Å². The zero-order valence-electron chi connectivity index (χ0n) is 21.5. The average Bonchev–Trinajstić information content (AvgIpc) is 3.47. The lowest BCUT2D eigenvalue weighted by Crippen LogP contribution is -2.33. The molecule has 0 aromatic carbocycles. The highest BCUT2D eigenvalue weighted by Gasteiger charge is 2.05. The number of unbranched alkanes of at least 4 members (excludes halogenated alkanes) is 10. The maximum atomic E-state index is 5.82. The molecule has 0 aliphatic rings. The third-order valence-electron chi connectivity index (χ3n) is 6.09. The molecule has 0 radical (unpaired) electrons. The average molecular weight is 463 g/mol. The molecule has 2 rings (SSSR count). The van der Waals surface area contributed by atoms with Crippen molar-refractivity contribution >= 4 is 0 Å². The molecule has 0 N–H and O–H groups in total. The number of hydrogen-bond acceptors (Lipinski definition) is 2. The minimum Gasteiger partial charge on any atom is -0.342 e. The number of hydrogen-bond donors (Lipinski definition) is 0. The van der Waals surface area contributed by atoms with E-state index in [4.69, 9.17) is 9.47 Å². The standard InChI is InChI=1S/C27H50N4O2/c1-3-5-7-9-12-16-28-18-20-30(24-28)26-32-22-14-11-15-23-33-27-31-21-19-29(25-31)17-13-10-8-6-4-2/h18-21,24-25H,3-17,22-23,26-27H2,1-2H3/q+2. The van der Waals surface area contributed by atoms with Crippen LogP contribution in [0.1, 0.15) is 97.3 Å². The van der Waals surface area contributed by atoms with Gasteiger partial charge in [0.15, 0.2) is 13.5 Å². The first kappa shape index (κ1) is 27.6. The Bertz CT molecular complexity index is 640. The van der Waals surface area contributed by atoms with Crippen LogP contribution in [0.15, 0.2) is 37.4 Å². The van der Waals surface area contributed by atoms with E-state index in [1.807, 2.05) is 0 Å². The quantitative estimate of drug-likeness (QED) is 0.168. The predicted molar refractivity (Wildman–Crippen MR) is 133 cm³/mol. The number of imidazole rings is 2. The number of aryl methyl sites for hydroxylation is 2. The van der Waals surface area contributed by atoms with Gasteiger partial charge in [-0.25, -0.2) is 18.3 Å². The van der Waals surface area contributed by atoms with Crippen molar-refractivity contribution in [3.63, 3.8) is 0 Å². The van der Waals surface area contributed by atoms with Crippen LogP contribution in [0.25, 0.3) is 0 Å². The molecular formula is C27H50N4O2+2. The fourth-order valence-corrected chi connectivity index (χ4v) is 4.02. The van der Waals surface area contributed by atoms with Crippen LogP contribution in [0.3, 0.4) is 0 Å². The van der Waals surface area contributed by atoms with Crippen LogP contribution in [-0.2, 0) is 36.0 Å². The molecule has 0 amide bonds. The van der Waals surface area contributed by atoms with Gasteiger partial charge in [0.2, 0.25) is 12.7 Å². The molecule has 0 saturated carbocycles. The fourth-order valence-electron chi connectivity index (χ4n) is 4.02. The molecule has 6 nitrogen and oxygen atoms in total. The summed E-state index contributed by atoms with van der Waals surface area (Å²) in [5, 5.41) is 0. The molecule has 2 heterocycles. The molecule has 0 aliphatic heterocycles. The van der Waals surface area contributed by atoms with Gasteiger partial charge in [0.25, 0.3) is 0 Å². The maximum absolute atomic E-state index is 5.82. The third kappa shape index (κ3) is 13.6. The zero-order valence-corrected chi connectivity index (χ0v) is 21.5. The molecule has 0 unspecified atom stereocenters. The molecule has 33 heavy (non-hydrogen) atoms. The van der Waals surface area contributed by atoms with Crippen LogP contribution < -0.4 is 9.13 Å². The van der Waals surface area contributed by atoms with Crippen LogP contribution >= 0.6 is 0 Å². The van der Waals surface area contributed by atoms with Crippen LogP contribution in [0.5, 0.6) is 0 Å². The van der Waals surface area contributed by atoms with E-state index in [1.165, 1.54) is 64.2 Å². The van der Waals surface area contributed by atoms with E-state index >= 15 is 0 Å². The van der Waals surface area contributed by atoms with E-state index in [2.05, 4.69) is 69.6 Å². The Labute approximate surface area is 202 Å². The number of nitrogens with zero attached hydrogens (tertiary/aromatic N) is 4. The minimum absolute atomic E-state index is 0.644. The van der Waals surface area contributed by atoms with E-state index in [0.717, 1.165) is 45.6 Å². The van der Waals surface area contributed by atoms with Gasteiger partial charge in [-0.1, -0.05) is 52.4 Å². The molecule has 2 aromatic heterocycles. The largest absolute Gasteiger partial charge is 0.342 e. The smallest absolute Gasteiger partial charge is 0.245 e.